The standard InChI is InChI=1S/C10H16N2O4/c1-6(2)11-10(16)12-5-7(13)3-4-8(12)9(14)15/h6,8H,3-5H2,1-2H3,(H,11,16)(H,14,15). The van der Waals surface area contributed by atoms with Crippen LogP contribution in [0.15, 0.2) is 0 Å². The third kappa shape index (κ3) is 2.95. The molecule has 1 fully saturated rings. The van der Waals surface area contributed by atoms with E-state index in [2.05, 4.69) is 5.32 Å². The van der Waals surface area contributed by atoms with E-state index in [4.69, 9.17) is 5.11 Å². The topological polar surface area (TPSA) is 86.7 Å². The molecule has 0 saturated carbocycles. The Labute approximate surface area is 93.6 Å². The van der Waals surface area contributed by atoms with Crippen molar-refractivity contribution in [2.24, 2.45) is 0 Å². The van der Waals surface area contributed by atoms with Crippen molar-refractivity contribution >= 4 is 17.8 Å². The van der Waals surface area contributed by atoms with Gasteiger partial charge in [-0.1, -0.05) is 0 Å². The molecule has 1 heterocycles. The molecule has 0 aromatic rings. The van der Waals surface area contributed by atoms with Gasteiger partial charge in [0, 0.05) is 12.5 Å². The van der Waals surface area contributed by atoms with E-state index in [0.29, 0.717) is 0 Å². The lowest BCUT2D eigenvalue weighted by atomic mass is 10.0. The Kier molecular flexibility index (Phi) is 3.87. The number of carboxylic acid groups (broad SMARTS) is 1. The van der Waals surface area contributed by atoms with Crippen molar-refractivity contribution in [3.63, 3.8) is 0 Å². The third-order valence-corrected chi connectivity index (χ3v) is 2.38. The Balaban J connectivity index is 2.74. The molecule has 0 spiro atoms. The predicted molar refractivity (Wildman–Crippen MR) is 56.0 cm³/mol. The maximum atomic E-state index is 11.7. The van der Waals surface area contributed by atoms with Gasteiger partial charge in [-0.3, -0.25) is 4.79 Å². The smallest absolute Gasteiger partial charge is 0.326 e. The Morgan fingerprint density at radius 3 is 2.62 bits per heavy atom. The first-order chi connectivity index (χ1) is 7.41. The summed E-state index contributed by atoms with van der Waals surface area (Å²) in [7, 11) is 0. The third-order valence-electron chi connectivity index (χ3n) is 2.38. The fourth-order valence-electron chi connectivity index (χ4n) is 1.63. The normalized spacial score (nSPS) is 21.1. The van der Waals surface area contributed by atoms with E-state index in [1.807, 2.05) is 0 Å². The molecule has 2 N–H and O–H groups in total. The molecule has 6 nitrogen and oxygen atoms in total. The fourth-order valence-corrected chi connectivity index (χ4v) is 1.63. The zero-order valence-corrected chi connectivity index (χ0v) is 9.40. The van der Waals surface area contributed by atoms with Gasteiger partial charge in [-0.15, -0.1) is 0 Å². The second-order valence-corrected chi connectivity index (χ2v) is 4.16. The molecule has 1 saturated heterocycles. The highest BCUT2D eigenvalue weighted by molar-refractivity contribution is 5.91. The van der Waals surface area contributed by atoms with Gasteiger partial charge in [-0.25, -0.2) is 9.59 Å². The summed E-state index contributed by atoms with van der Waals surface area (Å²) in [4.78, 5) is 34.9. The van der Waals surface area contributed by atoms with Crippen molar-refractivity contribution in [1.82, 2.24) is 10.2 Å². The first-order valence-corrected chi connectivity index (χ1v) is 5.23. The summed E-state index contributed by atoms with van der Waals surface area (Å²) in [5, 5.41) is 11.5. The Hall–Kier alpha value is -1.59. The van der Waals surface area contributed by atoms with Gasteiger partial charge in [0.2, 0.25) is 0 Å². The van der Waals surface area contributed by atoms with Crippen LogP contribution in [0.3, 0.4) is 0 Å². The molecule has 2 amide bonds. The largest absolute Gasteiger partial charge is 0.480 e. The number of aliphatic carboxylic acids is 1. The molecule has 90 valence electrons. The molecular formula is C10H16N2O4. The van der Waals surface area contributed by atoms with Crippen LogP contribution in [0.25, 0.3) is 0 Å². The minimum atomic E-state index is -1.06. The van der Waals surface area contributed by atoms with E-state index >= 15 is 0 Å². The molecule has 1 aliphatic heterocycles. The van der Waals surface area contributed by atoms with E-state index in [9.17, 15) is 14.4 Å². The molecule has 0 radical (unpaired) electrons. The zero-order chi connectivity index (χ0) is 12.3. The molecular weight excluding hydrogens is 212 g/mol. The number of amides is 2. The van der Waals surface area contributed by atoms with Crippen LogP contribution >= 0.6 is 0 Å². The lowest BCUT2D eigenvalue weighted by Gasteiger charge is -2.32. The maximum Gasteiger partial charge on any atom is 0.326 e. The van der Waals surface area contributed by atoms with Gasteiger partial charge in [0.25, 0.3) is 0 Å². The van der Waals surface area contributed by atoms with E-state index in [-0.39, 0.29) is 31.2 Å². The number of nitrogens with one attached hydrogen (secondary N) is 1. The number of Topliss-reactive ketones (excluding diaryl/α,β-unsaturated/α-hetero) is 1. The summed E-state index contributed by atoms with van der Waals surface area (Å²) < 4.78 is 0. The molecule has 0 aromatic heterocycles. The zero-order valence-electron chi connectivity index (χ0n) is 9.40. The average Bonchev–Trinajstić information content (AvgIpc) is 2.15. The summed E-state index contributed by atoms with van der Waals surface area (Å²) in [5.74, 6) is -1.16. The summed E-state index contributed by atoms with van der Waals surface area (Å²) in [6.07, 6.45) is 0.419. The quantitative estimate of drug-likeness (QED) is 0.708. The number of ketones is 1. The number of urea groups is 1. The molecule has 1 atom stereocenters. The van der Waals surface area contributed by atoms with Gasteiger partial charge in [0.05, 0.1) is 6.54 Å². The SMILES string of the molecule is CC(C)NC(=O)N1CC(=O)CCC1C(=O)O. The van der Waals surface area contributed by atoms with E-state index in [1.54, 1.807) is 13.8 Å². The molecule has 0 bridgehead atoms. The number of hydrogen-bond donors (Lipinski definition) is 2. The van der Waals surface area contributed by atoms with Crippen molar-refractivity contribution in [2.45, 2.75) is 38.8 Å². The van der Waals surface area contributed by atoms with Crippen LogP contribution in [0, 0.1) is 0 Å². The summed E-state index contributed by atoms with van der Waals surface area (Å²) in [6, 6.07) is -1.47. The first-order valence-electron chi connectivity index (χ1n) is 5.23. The minimum Gasteiger partial charge on any atom is -0.480 e. The average molecular weight is 228 g/mol. The predicted octanol–water partition coefficient (Wildman–Crippen LogP) is 0.222. The summed E-state index contributed by atoms with van der Waals surface area (Å²) >= 11 is 0. The summed E-state index contributed by atoms with van der Waals surface area (Å²) in [5.41, 5.74) is 0. The van der Waals surface area contributed by atoms with E-state index in [0.717, 1.165) is 4.90 Å². The minimum absolute atomic E-state index is 0.0843. The second kappa shape index (κ2) is 4.96. The van der Waals surface area contributed by atoms with Crippen LogP contribution < -0.4 is 5.32 Å². The highest BCUT2D eigenvalue weighted by Crippen LogP contribution is 2.15. The van der Waals surface area contributed by atoms with Crippen LogP contribution in [-0.4, -0.2) is 46.4 Å². The van der Waals surface area contributed by atoms with E-state index in [1.165, 1.54) is 0 Å². The van der Waals surface area contributed by atoms with Crippen molar-refractivity contribution in [1.29, 1.82) is 0 Å². The van der Waals surface area contributed by atoms with Crippen LogP contribution in [0.1, 0.15) is 26.7 Å². The number of piperidine rings is 1. The maximum absolute atomic E-state index is 11.7. The lowest BCUT2D eigenvalue weighted by Crippen LogP contribution is -2.55. The lowest BCUT2D eigenvalue weighted by molar-refractivity contribution is -0.144. The molecule has 6 heteroatoms. The van der Waals surface area contributed by atoms with Crippen molar-refractivity contribution < 1.29 is 19.5 Å². The van der Waals surface area contributed by atoms with Gasteiger partial charge in [0.15, 0.2) is 5.78 Å². The van der Waals surface area contributed by atoms with Crippen LogP contribution in [0.2, 0.25) is 0 Å². The van der Waals surface area contributed by atoms with Crippen molar-refractivity contribution in [3.8, 4) is 0 Å². The monoisotopic (exact) mass is 228 g/mol. The van der Waals surface area contributed by atoms with Gasteiger partial charge in [0.1, 0.15) is 6.04 Å². The molecule has 1 aliphatic rings. The first kappa shape index (κ1) is 12.5. The van der Waals surface area contributed by atoms with Crippen LogP contribution in [0.5, 0.6) is 0 Å². The van der Waals surface area contributed by atoms with Crippen molar-refractivity contribution in [3.05, 3.63) is 0 Å². The summed E-state index contributed by atoms with van der Waals surface area (Å²) in [6.45, 7) is 3.44. The van der Waals surface area contributed by atoms with Gasteiger partial charge < -0.3 is 15.3 Å². The van der Waals surface area contributed by atoms with E-state index < -0.39 is 18.0 Å². The van der Waals surface area contributed by atoms with Crippen LogP contribution in [0.4, 0.5) is 4.79 Å². The number of carbonyl (C=O) groups excluding carboxylic acids is 2. The van der Waals surface area contributed by atoms with Crippen LogP contribution in [-0.2, 0) is 9.59 Å². The van der Waals surface area contributed by atoms with Gasteiger partial charge in [-0.05, 0) is 20.3 Å². The molecule has 16 heavy (non-hydrogen) atoms. The second-order valence-electron chi connectivity index (χ2n) is 4.16. The highest BCUT2D eigenvalue weighted by Gasteiger charge is 2.35. The van der Waals surface area contributed by atoms with Crippen molar-refractivity contribution in [2.75, 3.05) is 6.54 Å². The molecule has 1 rings (SSSR count). The number of carboxylic acids is 1. The Morgan fingerprint density at radius 1 is 1.50 bits per heavy atom. The Bertz CT molecular complexity index is 314. The van der Waals surface area contributed by atoms with Gasteiger partial charge in [-0.2, -0.15) is 0 Å². The number of nitrogens with zero attached hydrogens (tertiary/aromatic N) is 1. The fraction of sp³-hybridized carbons (Fsp3) is 0.700. The van der Waals surface area contributed by atoms with Gasteiger partial charge >= 0.3 is 12.0 Å². The molecule has 0 aliphatic carbocycles. The number of hydrogen-bond acceptors (Lipinski definition) is 3. The number of likely N-dealkylation sites (tertiary alicyclic amines) is 1. The number of rotatable bonds is 2. The molecule has 0 aromatic carbocycles. The highest BCUT2D eigenvalue weighted by atomic mass is 16.4. The number of carbonyl (C=O) groups is 3. The Morgan fingerprint density at radius 2 is 2.12 bits per heavy atom. The molecule has 1 unspecified atom stereocenters.